The summed E-state index contributed by atoms with van der Waals surface area (Å²) >= 11 is 5.89. The number of nitrogens with zero attached hydrogens (tertiary/aromatic N) is 1. The number of anilines is 1. The summed E-state index contributed by atoms with van der Waals surface area (Å²) in [5, 5.41) is 12.9. The first-order valence-corrected chi connectivity index (χ1v) is 6.15. The normalized spacial score (nSPS) is 11.7. The molecule has 2 nitrogen and oxygen atoms in total. The maximum absolute atomic E-state index is 13.3. The van der Waals surface area contributed by atoms with Gasteiger partial charge in [0.15, 0.2) is 0 Å². The van der Waals surface area contributed by atoms with Gasteiger partial charge in [0.05, 0.1) is 6.07 Å². The lowest BCUT2D eigenvalue weighted by atomic mass is 10.0. The standard InChI is InChI=1S/C15H12ClFN2/c1-10-5-6-12(17)8-14(10)15(9-18)19-13-4-2-3-11(16)7-13/h2-8,15,19H,1H3. The van der Waals surface area contributed by atoms with Crippen molar-refractivity contribution in [1.82, 2.24) is 0 Å². The van der Waals surface area contributed by atoms with E-state index in [1.165, 1.54) is 12.1 Å². The summed E-state index contributed by atoms with van der Waals surface area (Å²) in [7, 11) is 0. The lowest BCUT2D eigenvalue weighted by Crippen LogP contribution is -2.10. The second-order valence-corrected chi connectivity index (χ2v) is 4.65. The van der Waals surface area contributed by atoms with Gasteiger partial charge in [0, 0.05) is 10.7 Å². The monoisotopic (exact) mass is 274 g/mol. The van der Waals surface area contributed by atoms with Gasteiger partial charge in [-0.25, -0.2) is 4.39 Å². The highest BCUT2D eigenvalue weighted by molar-refractivity contribution is 6.30. The van der Waals surface area contributed by atoms with E-state index in [1.807, 2.05) is 13.0 Å². The Morgan fingerprint density at radius 3 is 2.74 bits per heavy atom. The molecule has 0 spiro atoms. The van der Waals surface area contributed by atoms with Gasteiger partial charge in [0.1, 0.15) is 11.9 Å². The number of benzene rings is 2. The first kappa shape index (κ1) is 13.4. The minimum absolute atomic E-state index is 0.353. The molecule has 0 aliphatic heterocycles. The first-order valence-electron chi connectivity index (χ1n) is 5.78. The van der Waals surface area contributed by atoms with Gasteiger partial charge >= 0.3 is 0 Å². The minimum Gasteiger partial charge on any atom is -0.366 e. The Morgan fingerprint density at radius 2 is 2.05 bits per heavy atom. The maximum Gasteiger partial charge on any atom is 0.140 e. The van der Waals surface area contributed by atoms with E-state index in [2.05, 4.69) is 11.4 Å². The van der Waals surface area contributed by atoms with Crippen LogP contribution in [0.3, 0.4) is 0 Å². The summed E-state index contributed by atoms with van der Waals surface area (Å²) in [6.07, 6.45) is 0. The van der Waals surface area contributed by atoms with Gasteiger partial charge in [-0.05, 0) is 48.4 Å². The van der Waals surface area contributed by atoms with Crippen molar-refractivity contribution in [3.63, 3.8) is 0 Å². The Morgan fingerprint density at radius 1 is 1.26 bits per heavy atom. The average molecular weight is 275 g/mol. The minimum atomic E-state index is -0.617. The molecular formula is C15H12ClFN2. The predicted molar refractivity (Wildman–Crippen MR) is 74.6 cm³/mol. The molecule has 0 heterocycles. The van der Waals surface area contributed by atoms with E-state index in [4.69, 9.17) is 11.6 Å². The maximum atomic E-state index is 13.3. The Bertz CT molecular complexity index is 634. The zero-order valence-electron chi connectivity index (χ0n) is 10.3. The third kappa shape index (κ3) is 3.24. The van der Waals surface area contributed by atoms with Crippen LogP contribution in [0.2, 0.25) is 5.02 Å². The fraction of sp³-hybridized carbons (Fsp3) is 0.133. The van der Waals surface area contributed by atoms with Crippen molar-refractivity contribution in [2.75, 3.05) is 5.32 Å². The van der Waals surface area contributed by atoms with E-state index in [0.717, 1.165) is 11.3 Å². The van der Waals surface area contributed by atoms with Crippen molar-refractivity contribution in [2.24, 2.45) is 0 Å². The van der Waals surface area contributed by atoms with Crippen LogP contribution < -0.4 is 5.32 Å². The van der Waals surface area contributed by atoms with Crippen LogP contribution in [0.4, 0.5) is 10.1 Å². The predicted octanol–water partition coefficient (Wildman–Crippen LogP) is 4.46. The summed E-state index contributed by atoms with van der Waals surface area (Å²) in [5.41, 5.74) is 2.22. The van der Waals surface area contributed by atoms with E-state index in [9.17, 15) is 9.65 Å². The zero-order chi connectivity index (χ0) is 13.8. The molecule has 2 rings (SSSR count). The quantitative estimate of drug-likeness (QED) is 0.897. The molecule has 0 bridgehead atoms. The van der Waals surface area contributed by atoms with Crippen LogP contribution in [0.15, 0.2) is 42.5 Å². The molecule has 1 unspecified atom stereocenters. The van der Waals surface area contributed by atoms with Crippen molar-refractivity contribution in [2.45, 2.75) is 13.0 Å². The van der Waals surface area contributed by atoms with Crippen LogP contribution in [0.1, 0.15) is 17.2 Å². The number of nitrogens with one attached hydrogen (secondary N) is 1. The fourth-order valence-electron chi connectivity index (χ4n) is 1.85. The van der Waals surface area contributed by atoms with Crippen molar-refractivity contribution < 1.29 is 4.39 Å². The van der Waals surface area contributed by atoms with Crippen molar-refractivity contribution in [3.8, 4) is 6.07 Å². The molecule has 0 fully saturated rings. The van der Waals surface area contributed by atoms with Crippen LogP contribution in [0, 0.1) is 24.1 Å². The van der Waals surface area contributed by atoms with Crippen LogP contribution in [-0.4, -0.2) is 0 Å². The van der Waals surface area contributed by atoms with Crippen molar-refractivity contribution in [1.29, 1.82) is 5.26 Å². The van der Waals surface area contributed by atoms with E-state index >= 15 is 0 Å². The van der Waals surface area contributed by atoms with E-state index in [-0.39, 0.29) is 5.82 Å². The van der Waals surface area contributed by atoms with E-state index in [1.54, 1.807) is 24.3 Å². The molecule has 0 aliphatic rings. The highest BCUT2D eigenvalue weighted by Gasteiger charge is 2.13. The smallest absolute Gasteiger partial charge is 0.140 e. The number of aryl methyl sites for hydroxylation is 1. The molecule has 0 saturated heterocycles. The summed E-state index contributed by atoms with van der Waals surface area (Å²) in [6, 6.07) is 13.0. The largest absolute Gasteiger partial charge is 0.366 e. The molecule has 19 heavy (non-hydrogen) atoms. The van der Waals surface area contributed by atoms with Crippen LogP contribution >= 0.6 is 11.6 Å². The molecule has 0 aromatic heterocycles. The molecule has 0 saturated carbocycles. The van der Waals surface area contributed by atoms with Gasteiger partial charge < -0.3 is 5.32 Å². The Labute approximate surface area is 116 Å². The second-order valence-electron chi connectivity index (χ2n) is 4.22. The number of hydrogen-bond donors (Lipinski definition) is 1. The molecule has 0 aliphatic carbocycles. The molecule has 2 aromatic carbocycles. The lowest BCUT2D eigenvalue weighted by molar-refractivity contribution is 0.624. The Hall–Kier alpha value is -2.05. The van der Waals surface area contributed by atoms with Crippen LogP contribution in [0.5, 0.6) is 0 Å². The lowest BCUT2D eigenvalue weighted by Gasteiger charge is -2.15. The van der Waals surface area contributed by atoms with Crippen LogP contribution in [-0.2, 0) is 0 Å². The van der Waals surface area contributed by atoms with Gasteiger partial charge in [0.2, 0.25) is 0 Å². The van der Waals surface area contributed by atoms with Gasteiger partial charge in [-0.1, -0.05) is 23.7 Å². The Balaban J connectivity index is 2.31. The van der Waals surface area contributed by atoms with Crippen molar-refractivity contribution in [3.05, 3.63) is 64.4 Å². The van der Waals surface area contributed by atoms with Gasteiger partial charge in [-0.15, -0.1) is 0 Å². The molecule has 2 aromatic rings. The third-order valence-corrected chi connectivity index (χ3v) is 3.05. The molecule has 0 radical (unpaired) electrons. The van der Waals surface area contributed by atoms with Gasteiger partial charge in [-0.2, -0.15) is 5.26 Å². The number of hydrogen-bond acceptors (Lipinski definition) is 2. The van der Waals surface area contributed by atoms with Crippen molar-refractivity contribution >= 4 is 17.3 Å². The zero-order valence-corrected chi connectivity index (χ0v) is 11.1. The average Bonchev–Trinajstić information content (AvgIpc) is 2.39. The summed E-state index contributed by atoms with van der Waals surface area (Å²) in [6.45, 7) is 1.85. The molecule has 4 heteroatoms. The number of nitriles is 1. The summed E-state index contributed by atoms with van der Waals surface area (Å²) in [5.74, 6) is -0.353. The Kier molecular flexibility index (Phi) is 4.03. The highest BCUT2D eigenvalue weighted by Crippen LogP contribution is 2.24. The van der Waals surface area contributed by atoms with Crippen LogP contribution in [0.25, 0.3) is 0 Å². The topological polar surface area (TPSA) is 35.8 Å². The number of halogens is 2. The number of rotatable bonds is 3. The first-order chi connectivity index (χ1) is 9.10. The van der Waals surface area contributed by atoms with Gasteiger partial charge in [0.25, 0.3) is 0 Å². The molecule has 96 valence electrons. The second kappa shape index (κ2) is 5.73. The molecule has 1 N–H and O–H groups in total. The SMILES string of the molecule is Cc1ccc(F)cc1C(C#N)Nc1cccc(Cl)c1. The van der Waals surface area contributed by atoms with E-state index in [0.29, 0.717) is 10.6 Å². The molecular weight excluding hydrogens is 263 g/mol. The molecule has 0 amide bonds. The van der Waals surface area contributed by atoms with E-state index < -0.39 is 6.04 Å². The fourth-order valence-corrected chi connectivity index (χ4v) is 2.04. The highest BCUT2D eigenvalue weighted by atomic mass is 35.5. The third-order valence-electron chi connectivity index (χ3n) is 2.82. The summed E-state index contributed by atoms with van der Waals surface area (Å²) in [4.78, 5) is 0. The summed E-state index contributed by atoms with van der Waals surface area (Å²) < 4.78 is 13.3. The molecule has 1 atom stereocenters. The van der Waals surface area contributed by atoms with Gasteiger partial charge in [-0.3, -0.25) is 0 Å².